The van der Waals surface area contributed by atoms with Gasteiger partial charge in [-0.25, -0.2) is 12.7 Å². The van der Waals surface area contributed by atoms with Gasteiger partial charge in [0.05, 0.1) is 19.3 Å². The van der Waals surface area contributed by atoms with E-state index in [0.717, 1.165) is 19.7 Å². The van der Waals surface area contributed by atoms with Crippen LogP contribution in [0.4, 0.5) is 0 Å². The van der Waals surface area contributed by atoms with Crippen LogP contribution in [0.1, 0.15) is 15.9 Å². The van der Waals surface area contributed by atoms with Gasteiger partial charge in [-0.05, 0) is 35.9 Å². The Kier molecular flexibility index (Phi) is 5.36. The van der Waals surface area contributed by atoms with E-state index in [1.54, 1.807) is 24.3 Å². The molecule has 0 saturated carbocycles. The summed E-state index contributed by atoms with van der Waals surface area (Å²) in [4.78, 5) is 12.7. The SMILES string of the molecule is O=C(c1ccc(Br)cc1)N1[C@H](COCc2ccccc2)C=CS1(=O)=O. The lowest BCUT2D eigenvalue weighted by molar-refractivity contribution is 0.0684. The van der Waals surface area contributed by atoms with Crippen LogP contribution in [0.3, 0.4) is 0 Å². The van der Waals surface area contributed by atoms with Crippen molar-refractivity contribution >= 4 is 31.9 Å². The van der Waals surface area contributed by atoms with E-state index >= 15 is 0 Å². The van der Waals surface area contributed by atoms with Crippen molar-refractivity contribution in [3.05, 3.63) is 81.7 Å². The van der Waals surface area contributed by atoms with Crippen molar-refractivity contribution in [2.24, 2.45) is 0 Å². The maximum atomic E-state index is 12.7. The van der Waals surface area contributed by atoms with E-state index in [-0.39, 0.29) is 6.61 Å². The second-order valence-electron chi connectivity index (χ2n) is 5.55. The molecule has 0 spiro atoms. The van der Waals surface area contributed by atoms with Crippen LogP contribution in [0, 0.1) is 0 Å². The lowest BCUT2D eigenvalue weighted by Gasteiger charge is -2.23. The quantitative estimate of drug-likeness (QED) is 0.742. The smallest absolute Gasteiger partial charge is 0.268 e. The summed E-state index contributed by atoms with van der Waals surface area (Å²) in [5.41, 5.74) is 1.29. The van der Waals surface area contributed by atoms with Gasteiger partial charge in [-0.2, -0.15) is 0 Å². The van der Waals surface area contributed by atoms with Crippen molar-refractivity contribution in [2.75, 3.05) is 6.61 Å². The lowest BCUT2D eigenvalue weighted by Crippen LogP contribution is -2.41. The van der Waals surface area contributed by atoms with Gasteiger partial charge in [0, 0.05) is 15.4 Å². The number of benzene rings is 2. The maximum Gasteiger partial charge on any atom is 0.268 e. The van der Waals surface area contributed by atoms with Crippen molar-refractivity contribution in [1.29, 1.82) is 0 Å². The highest BCUT2D eigenvalue weighted by Crippen LogP contribution is 2.23. The highest BCUT2D eigenvalue weighted by Gasteiger charge is 2.37. The Balaban J connectivity index is 1.71. The van der Waals surface area contributed by atoms with Crippen molar-refractivity contribution in [1.82, 2.24) is 4.31 Å². The maximum absolute atomic E-state index is 12.7. The number of carbonyl (C=O) groups is 1. The largest absolute Gasteiger partial charge is 0.374 e. The lowest BCUT2D eigenvalue weighted by atomic mass is 10.2. The molecule has 1 atom stereocenters. The molecular weight excluding hydrogens is 406 g/mol. The Morgan fingerprint density at radius 1 is 1.08 bits per heavy atom. The van der Waals surface area contributed by atoms with E-state index in [9.17, 15) is 13.2 Å². The molecule has 0 aromatic heterocycles. The van der Waals surface area contributed by atoms with Crippen LogP contribution in [0.2, 0.25) is 0 Å². The van der Waals surface area contributed by atoms with Crippen molar-refractivity contribution in [3.63, 3.8) is 0 Å². The van der Waals surface area contributed by atoms with E-state index < -0.39 is 22.0 Å². The summed E-state index contributed by atoms with van der Waals surface area (Å²) in [6.07, 6.45) is 1.48. The van der Waals surface area contributed by atoms with Gasteiger partial charge in [0.1, 0.15) is 0 Å². The molecule has 130 valence electrons. The van der Waals surface area contributed by atoms with E-state index in [2.05, 4.69) is 15.9 Å². The van der Waals surface area contributed by atoms with E-state index in [0.29, 0.717) is 12.2 Å². The molecule has 1 aliphatic heterocycles. The zero-order valence-electron chi connectivity index (χ0n) is 13.2. The fourth-order valence-electron chi connectivity index (χ4n) is 2.50. The fourth-order valence-corrected chi connectivity index (χ4v) is 4.12. The molecule has 0 N–H and O–H groups in total. The minimum atomic E-state index is -3.78. The summed E-state index contributed by atoms with van der Waals surface area (Å²) in [6.45, 7) is 0.457. The zero-order valence-corrected chi connectivity index (χ0v) is 15.6. The topological polar surface area (TPSA) is 63.7 Å². The summed E-state index contributed by atoms with van der Waals surface area (Å²) in [5.74, 6) is -0.564. The van der Waals surface area contributed by atoms with Gasteiger partial charge in [0.2, 0.25) is 0 Å². The molecule has 0 saturated heterocycles. The molecule has 2 aromatic carbocycles. The molecular formula is C18H16BrNO4S. The number of nitrogens with zero attached hydrogens (tertiary/aromatic N) is 1. The minimum Gasteiger partial charge on any atom is -0.374 e. The molecule has 2 aromatic rings. The van der Waals surface area contributed by atoms with Gasteiger partial charge in [0.25, 0.3) is 15.9 Å². The summed E-state index contributed by atoms with van der Waals surface area (Å²) < 4.78 is 31.8. The number of ether oxygens (including phenoxy) is 1. The van der Waals surface area contributed by atoms with Gasteiger partial charge in [-0.15, -0.1) is 0 Å². The molecule has 1 aliphatic rings. The zero-order chi connectivity index (χ0) is 17.9. The predicted octanol–water partition coefficient (Wildman–Crippen LogP) is 3.33. The summed E-state index contributed by atoms with van der Waals surface area (Å²) in [7, 11) is -3.78. The molecule has 0 aliphatic carbocycles. The van der Waals surface area contributed by atoms with Gasteiger partial charge in [-0.1, -0.05) is 46.3 Å². The second kappa shape index (κ2) is 7.51. The molecule has 5 nitrogen and oxygen atoms in total. The third kappa shape index (κ3) is 4.18. The first-order chi connectivity index (χ1) is 12.0. The van der Waals surface area contributed by atoms with Gasteiger partial charge >= 0.3 is 0 Å². The number of sulfonamides is 1. The molecule has 0 bridgehead atoms. The van der Waals surface area contributed by atoms with E-state index in [1.165, 1.54) is 6.08 Å². The first-order valence-corrected chi connectivity index (χ1v) is 9.91. The molecule has 25 heavy (non-hydrogen) atoms. The summed E-state index contributed by atoms with van der Waals surface area (Å²) in [6, 6.07) is 15.5. The average Bonchev–Trinajstić information content (AvgIpc) is 2.90. The average molecular weight is 422 g/mol. The Morgan fingerprint density at radius 3 is 2.44 bits per heavy atom. The molecule has 0 unspecified atom stereocenters. The van der Waals surface area contributed by atoms with E-state index in [4.69, 9.17) is 4.74 Å². The van der Waals surface area contributed by atoms with Crippen LogP contribution in [0.25, 0.3) is 0 Å². The molecule has 1 heterocycles. The highest BCUT2D eigenvalue weighted by molar-refractivity contribution is 9.10. The van der Waals surface area contributed by atoms with Crippen LogP contribution < -0.4 is 0 Å². The van der Waals surface area contributed by atoms with Crippen molar-refractivity contribution < 1.29 is 17.9 Å². The second-order valence-corrected chi connectivity index (χ2v) is 8.16. The summed E-state index contributed by atoms with van der Waals surface area (Å²) >= 11 is 3.29. The van der Waals surface area contributed by atoms with Crippen LogP contribution in [-0.4, -0.2) is 31.3 Å². The predicted molar refractivity (Wildman–Crippen MR) is 98.3 cm³/mol. The molecule has 0 fully saturated rings. The third-order valence-electron chi connectivity index (χ3n) is 3.74. The minimum absolute atomic E-state index is 0.104. The van der Waals surface area contributed by atoms with Crippen LogP contribution in [0.15, 0.2) is 70.6 Å². The molecule has 7 heteroatoms. The summed E-state index contributed by atoms with van der Waals surface area (Å²) in [5, 5.41) is 1.06. The Labute approximate surface area is 155 Å². The first kappa shape index (κ1) is 17.8. The van der Waals surface area contributed by atoms with Crippen LogP contribution in [0.5, 0.6) is 0 Å². The van der Waals surface area contributed by atoms with Gasteiger partial charge < -0.3 is 4.74 Å². The first-order valence-electron chi connectivity index (χ1n) is 7.61. The van der Waals surface area contributed by atoms with Crippen LogP contribution in [-0.2, 0) is 21.4 Å². The molecule has 3 rings (SSSR count). The molecule has 1 amide bonds. The Bertz CT molecular complexity index is 879. The number of hydrogen-bond donors (Lipinski definition) is 0. The van der Waals surface area contributed by atoms with E-state index in [1.807, 2.05) is 30.3 Å². The molecule has 0 radical (unpaired) electrons. The third-order valence-corrected chi connectivity index (χ3v) is 5.75. The standard InChI is InChI=1S/C18H16BrNO4S/c19-16-8-6-15(7-9-16)18(21)20-17(10-11-25(20,22)23)13-24-12-14-4-2-1-3-5-14/h1-11,17H,12-13H2/t17-/m0/s1. The number of halogens is 1. The number of hydrogen-bond acceptors (Lipinski definition) is 4. The Hall–Kier alpha value is -1.96. The van der Waals surface area contributed by atoms with Crippen molar-refractivity contribution in [2.45, 2.75) is 12.6 Å². The normalized spacial score (nSPS) is 18.4. The highest BCUT2D eigenvalue weighted by atomic mass is 79.9. The number of carbonyl (C=O) groups excluding carboxylic acids is 1. The van der Waals surface area contributed by atoms with Crippen molar-refractivity contribution in [3.8, 4) is 0 Å². The monoisotopic (exact) mass is 421 g/mol. The number of amides is 1. The van der Waals surface area contributed by atoms with Gasteiger partial charge in [0.15, 0.2) is 0 Å². The number of rotatable bonds is 5. The fraction of sp³-hybridized carbons (Fsp3) is 0.167. The van der Waals surface area contributed by atoms with Gasteiger partial charge in [-0.3, -0.25) is 4.79 Å². The Morgan fingerprint density at radius 2 is 1.76 bits per heavy atom. The van der Waals surface area contributed by atoms with Crippen LogP contribution >= 0.6 is 15.9 Å².